The first-order valence-corrected chi connectivity index (χ1v) is 4.40. The predicted octanol–water partition coefficient (Wildman–Crippen LogP) is 1.45. The molecule has 3 heteroatoms. The molecule has 0 amide bonds. The van der Waals surface area contributed by atoms with E-state index < -0.39 is 0 Å². The minimum absolute atomic E-state index is 0.0812. The van der Waals surface area contributed by atoms with Crippen LogP contribution in [0.5, 0.6) is 5.75 Å². The van der Waals surface area contributed by atoms with Gasteiger partial charge in [-0.3, -0.25) is 4.79 Å². The largest absolute Gasteiger partial charge is 0.497 e. The van der Waals surface area contributed by atoms with E-state index in [0.29, 0.717) is 6.42 Å². The Bertz CT molecular complexity index is 290. The molecule has 0 aromatic heterocycles. The third kappa shape index (κ3) is 3.18. The van der Waals surface area contributed by atoms with E-state index in [9.17, 15) is 4.79 Å². The van der Waals surface area contributed by atoms with E-state index in [2.05, 4.69) is 0 Å². The highest BCUT2D eigenvalue weighted by atomic mass is 16.5. The van der Waals surface area contributed by atoms with Crippen molar-refractivity contribution in [3.8, 4) is 5.75 Å². The number of benzene rings is 1. The van der Waals surface area contributed by atoms with Crippen LogP contribution in [0.2, 0.25) is 0 Å². The molecular weight excluding hydrogens is 180 g/mol. The highest BCUT2D eigenvalue weighted by Gasteiger charge is 2.02. The van der Waals surface area contributed by atoms with Gasteiger partial charge in [0.1, 0.15) is 12.4 Å². The smallest absolute Gasteiger partial charge is 0.162 e. The SMILES string of the molecule is COCC(=O)Cc1ccc(OC)cc1. The van der Waals surface area contributed by atoms with Crippen molar-refractivity contribution < 1.29 is 14.3 Å². The molecule has 0 fully saturated rings. The van der Waals surface area contributed by atoms with Crippen molar-refractivity contribution in [1.29, 1.82) is 0 Å². The lowest BCUT2D eigenvalue weighted by Gasteiger charge is -2.02. The monoisotopic (exact) mass is 194 g/mol. The van der Waals surface area contributed by atoms with E-state index in [1.54, 1.807) is 7.11 Å². The zero-order valence-electron chi connectivity index (χ0n) is 8.45. The topological polar surface area (TPSA) is 35.5 Å². The average Bonchev–Trinajstić information content (AvgIpc) is 2.19. The molecule has 3 nitrogen and oxygen atoms in total. The van der Waals surface area contributed by atoms with Crippen molar-refractivity contribution in [3.63, 3.8) is 0 Å². The van der Waals surface area contributed by atoms with Crippen LogP contribution in [0.15, 0.2) is 24.3 Å². The third-order valence-corrected chi connectivity index (χ3v) is 1.87. The normalized spacial score (nSPS) is 9.86. The van der Waals surface area contributed by atoms with Crippen LogP contribution in [0.25, 0.3) is 0 Å². The number of methoxy groups -OCH3 is 2. The van der Waals surface area contributed by atoms with Crippen LogP contribution in [-0.4, -0.2) is 26.6 Å². The minimum atomic E-state index is 0.0812. The Hall–Kier alpha value is -1.35. The van der Waals surface area contributed by atoms with Gasteiger partial charge in [0, 0.05) is 13.5 Å². The summed E-state index contributed by atoms with van der Waals surface area (Å²) in [6, 6.07) is 7.45. The molecule has 1 rings (SSSR count). The van der Waals surface area contributed by atoms with E-state index >= 15 is 0 Å². The molecule has 0 bridgehead atoms. The molecular formula is C11H14O3. The van der Waals surface area contributed by atoms with Gasteiger partial charge in [0.25, 0.3) is 0 Å². The van der Waals surface area contributed by atoms with Crippen LogP contribution in [-0.2, 0) is 16.0 Å². The van der Waals surface area contributed by atoms with Gasteiger partial charge in [-0.25, -0.2) is 0 Å². The molecule has 0 unspecified atom stereocenters. The van der Waals surface area contributed by atoms with Crippen LogP contribution >= 0.6 is 0 Å². The summed E-state index contributed by atoms with van der Waals surface area (Å²) in [4.78, 5) is 11.2. The number of rotatable bonds is 5. The van der Waals surface area contributed by atoms with Gasteiger partial charge in [0.2, 0.25) is 0 Å². The maximum Gasteiger partial charge on any atom is 0.162 e. The third-order valence-electron chi connectivity index (χ3n) is 1.87. The number of carbonyl (C=O) groups is 1. The van der Waals surface area contributed by atoms with E-state index in [1.807, 2.05) is 24.3 Å². The molecule has 0 aliphatic rings. The van der Waals surface area contributed by atoms with Gasteiger partial charge < -0.3 is 9.47 Å². The first-order chi connectivity index (χ1) is 6.76. The van der Waals surface area contributed by atoms with Gasteiger partial charge in [-0.15, -0.1) is 0 Å². The summed E-state index contributed by atoms with van der Waals surface area (Å²) in [7, 11) is 3.14. The van der Waals surface area contributed by atoms with Crippen LogP contribution in [0, 0.1) is 0 Å². The van der Waals surface area contributed by atoms with Crippen molar-refractivity contribution in [1.82, 2.24) is 0 Å². The van der Waals surface area contributed by atoms with Crippen LogP contribution in [0.4, 0.5) is 0 Å². The summed E-state index contributed by atoms with van der Waals surface area (Å²) in [6.45, 7) is 0.173. The zero-order chi connectivity index (χ0) is 10.4. The lowest BCUT2D eigenvalue weighted by Crippen LogP contribution is -2.09. The second-order valence-corrected chi connectivity index (χ2v) is 3.00. The quantitative estimate of drug-likeness (QED) is 0.711. The second-order valence-electron chi connectivity index (χ2n) is 3.00. The van der Waals surface area contributed by atoms with Crippen molar-refractivity contribution in [2.75, 3.05) is 20.8 Å². The van der Waals surface area contributed by atoms with Gasteiger partial charge in [0.05, 0.1) is 7.11 Å². The first kappa shape index (κ1) is 10.7. The second kappa shape index (κ2) is 5.40. The number of ketones is 1. The number of carbonyl (C=O) groups excluding carboxylic acids is 1. The molecule has 1 aromatic carbocycles. The first-order valence-electron chi connectivity index (χ1n) is 4.40. The number of Topliss-reactive ketones (excluding diaryl/α,β-unsaturated/α-hetero) is 1. The Morgan fingerprint density at radius 2 is 1.86 bits per heavy atom. The van der Waals surface area contributed by atoms with Gasteiger partial charge in [-0.2, -0.15) is 0 Å². The molecule has 0 atom stereocenters. The fourth-order valence-electron chi connectivity index (χ4n) is 1.18. The van der Waals surface area contributed by atoms with E-state index in [-0.39, 0.29) is 12.4 Å². The van der Waals surface area contributed by atoms with Gasteiger partial charge in [-0.1, -0.05) is 12.1 Å². The molecule has 76 valence electrons. The summed E-state index contributed by atoms with van der Waals surface area (Å²) in [5.74, 6) is 0.880. The van der Waals surface area contributed by atoms with Gasteiger partial charge in [-0.05, 0) is 17.7 Å². The van der Waals surface area contributed by atoms with Crippen molar-refractivity contribution in [3.05, 3.63) is 29.8 Å². The zero-order valence-corrected chi connectivity index (χ0v) is 8.45. The average molecular weight is 194 g/mol. The van der Waals surface area contributed by atoms with E-state index in [4.69, 9.17) is 9.47 Å². The van der Waals surface area contributed by atoms with Crippen molar-refractivity contribution in [2.24, 2.45) is 0 Å². The number of ether oxygens (including phenoxy) is 2. The molecule has 0 heterocycles. The lowest BCUT2D eigenvalue weighted by atomic mass is 10.1. The van der Waals surface area contributed by atoms with E-state index in [0.717, 1.165) is 11.3 Å². The van der Waals surface area contributed by atoms with Gasteiger partial charge >= 0.3 is 0 Å². The van der Waals surface area contributed by atoms with Crippen LogP contribution < -0.4 is 4.74 Å². The van der Waals surface area contributed by atoms with Crippen LogP contribution in [0.3, 0.4) is 0 Å². The molecule has 0 radical (unpaired) electrons. The Labute approximate surface area is 83.6 Å². The summed E-state index contributed by atoms with van der Waals surface area (Å²) in [6.07, 6.45) is 0.415. The molecule has 14 heavy (non-hydrogen) atoms. The maximum atomic E-state index is 11.2. The Morgan fingerprint density at radius 1 is 1.21 bits per heavy atom. The summed E-state index contributed by atoms with van der Waals surface area (Å²) in [5.41, 5.74) is 0.979. The van der Waals surface area contributed by atoms with Crippen LogP contribution in [0.1, 0.15) is 5.56 Å². The van der Waals surface area contributed by atoms with Crippen molar-refractivity contribution >= 4 is 5.78 Å². The molecule has 0 spiro atoms. The van der Waals surface area contributed by atoms with Gasteiger partial charge in [0.15, 0.2) is 5.78 Å². The molecule has 1 aromatic rings. The molecule has 0 N–H and O–H groups in total. The minimum Gasteiger partial charge on any atom is -0.497 e. The Morgan fingerprint density at radius 3 is 2.36 bits per heavy atom. The Balaban J connectivity index is 2.55. The molecule has 0 aliphatic carbocycles. The Kier molecular flexibility index (Phi) is 4.13. The fourth-order valence-corrected chi connectivity index (χ4v) is 1.18. The summed E-state index contributed by atoms with van der Waals surface area (Å²) < 4.78 is 9.76. The summed E-state index contributed by atoms with van der Waals surface area (Å²) >= 11 is 0. The standard InChI is InChI=1S/C11H14O3/c1-13-8-10(12)7-9-3-5-11(14-2)6-4-9/h3-6H,7-8H2,1-2H3. The molecule has 0 saturated carbocycles. The predicted molar refractivity (Wildman–Crippen MR) is 53.6 cm³/mol. The fraction of sp³-hybridized carbons (Fsp3) is 0.364. The number of hydrogen-bond donors (Lipinski definition) is 0. The molecule has 0 saturated heterocycles. The number of hydrogen-bond acceptors (Lipinski definition) is 3. The summed E-state index contributed by atoms with van der Waals surface area (Å²) in [5, 5.41) is 0. The van der Waals surface area contributed by atoms with Crippen molar-refractivity contribution in [2.45, 2.75) is 6.42 Å². The molecule has 0 aliphatic heterocycles. The highest BCUT2D eigenvalue weighted by molar-refractivity contribution is 5.82. The highest BCUT2D eigenvalue weighted by Crippen LogP contribution is 2.11. The van der Waals surface area contributed by atoms with E-state index in [1.165, 1.54) is 7.11 Å². The maximum absolute atomic E-state index is 11.2. The lowest BCUT2D eigenvalue weighted by molar-refractivity contribution is -0.121.